The van der Waals surface area contributed by atoms with E-state index in [2.05, 4.69) is 18.7 Å². The summed E-state index contributed by atoms with van der Waals surface area (Å²) in [5, 5.41) is 9.24. The van der Waals surface area contributed by atoms with Crippen molar-refractivity contribution in [3.05, 3.63) is 29.8 Å². The second-order valence-corrected chi connectivity index (χ2v) is 10.0. The molecule has 0 saturated carbocycles. The zero-order valence-electron chi connectivity index (χ0n) is 17.4. The Morgan fingerprint density at radius 3 is 2.28 bits per heavy atom. The molecule has 0 aliphatic carbocycles. The highest BCUT2D eigenvalue weighted by Crippen LogP contribution is 2.25. The van der Waals surface area contributed by atoms with Gasteiger partial charge in [0.2, 0.25) is 15.9 Å². The zero-order valence-corrected chi connectivity index (χ0v) is 18.2. The fourth-order valence-corrected chi connectivity index (χ4v) is 6.05. The summed E-state index contributed by atoms with van der Waals surface area (Å²) in [6.45, 7) is 7.75. The van der Waals surface area contributed by atoms with E-state index >= 15 is 0 Å². The number of likely N-dealkylation sites (tertiary alicyclic amines) is 1. The number of nitriles is 1. The van der Waals surface area contributed by atoms with Crippen LogP contribution in [-0.4, -0.2) is 72.7 Å². The summed E-state index contributed by atoms with van der Waals surface area (Å²) < 4.78 is 27.4. The van der Waals surface area contributed by atoms with E-state index in [1.807, 2.05) is 17.9 Å². The molecule has 2 fully saturated rings. The highest BCUT2D eigenvalue weighted by atomic mass is 32.2. The topological polar surface area (TPSA) is 84.7 Å². The summed E-state index contributed by atoms with van der Waals surface area (Å²) in [4.78, 5) is 17.3. The van der Waals surface area contributed by atoms with Crippen molar-refractivity contribution in [2.45, 2.75) is 63.1 Å². The van der Waals surface area contributed by atoms with Gasteiger partial charge in [0.25, 0.3) is 0 Å². The fourth-order valence-electron chi connectivity index (χ4n) is 4.48. The summed E-state index contributed by atoms with van der Waals surface area (Å²) in [5.41, 5.74) is 0.159. The van der Waals surface area contributed by atoms with Gasteiger partial charge in [0.15, 0.2) is 0 Å². The van der Waals surface area contributed by atoms with Gasteiger partial charge < -0.3 is 4.90 Å². The number of sulfonamides is 1. The first kappa shape index (κ1) is 21.8. The Kier molecular flexibility index (Phi) is 6.62. The normalized spacial score (nSPS) is 25.4. The number of piperazine rings is 1. The van der Waals surface area contributed by atoms with E-state index in [1.165, 1.54) is 16.4 Å². The third kappa shape index (κ3) is 4.32. The lowest BCUT2D eigenvalue weighted by atomic mass is 9.96. The van der Waals surface area contributed by atoms with Crippen molar-refractivity contribution >= 4 is 15.9 Å². The number of piperidine rings is 1. The Hall–Kier alpha value is -1.95. The largest absolute Gasteiger partial charge is 0.336 e. The Bertz CT molecular complexity index is 877. The molecule has 2 heterocycles. The molecule has 3 atom stereocenters. The van der Waals surface area contributed by atoms with Gasteiger partial charge in [0.1, 0.15) is 6.07 Å². The minimum Gasteiger partial charge on any atom is -0.336 e. The monoisotopic (exact) mass is 418 g/mol. The highest BCUT2D eigenvalue weighted by Gasteiger charge is 2.37. The van der Waals surface area contributed by atoms with Crippen LogP contribution in [0, 0.1) is 11.3 Å². The molecule has 8 heteroatoms. The standard InChI is InChI=1S/C21H30N4O3S/c1-16-7-6-8-17(2)25(16)21(26)18(3)23-11-13-24(14-12-23)29(27,28)20-10-5-4-9-19(20)15-22/h4-5,9-10,16-18H,6-8,11-14H2,1-3H3/t16-,17-,18+/m0/s1. The van der Waals surface area contributed by atoms with Gasteiger partial charge >= 0.3 is 0 Å². The van der Waals surface area contributed by atoms with Crippen molar-refractivity contribution in [2.24, 2.45) is 0 Å². The molecule has 158 valence electrons. The van der Waals surface area contributed by atoms with Crippen molar-refractivity contribution in [3.63, 3.8) is 0 Å². The molecule has 0 radical (unpaired) electrons. The number of amides is 1. The molecule has 0 aromatic heterocycles. The summed E-state index contributed by atoms with van der Waals surface area (Å²) in [6, 6.07) is 8.47. The number of benzene rings is 1. The molecule has 0 spiro atoms. The van der Waals surface area contributed by atoms with Gasteiger partial charge in [-0.2, -0.15) is 9.57 Å². The van der Waals surface area contributed by atoms with Crippen LogP contribution in [0.5, 0.6) is 0 Å². The van der Waals surface area contributed by atoms with Gasteiger partial charge in [-0.15, -0.1) is 0 Å². The zero-order chi connectivity index (χ0) is 21.2. The SMILES string of the molecule is C[C@H](C(=O)N1[C@@H](C)CCC[C@@H]1C)N1CCN(S(=O)(=O)c2ccccc2C#N)CC1. The van der Waals surface area contributed by atoms with Gasteiger partial charge in [0, 0.05) is 38.3 Å². The van der Waals surface area contributed by atoms with Crippen LogP contribution < -0.4 is 0 Å². The molecule has 2 aliphatic heterocycles. The molecular formula is C21H30N4O3S. The quantitative estimate of drug-likeness (QED) is 0.747. The molecule has 0 bridgehead atoms. The number of carbonyl (C=O) groups is 1. The van der Waals surface area contributed by atoms with Gasteiger partial charge in [-0.1, -0.05) is 12.1 Å². The van der Waals surface area contributed by atoms with E-state index in [4.69, 9.17) is 0 Å². The average Bonchev–Trinajstić information content (AvgIpc) is 2.73. The molecular weight excluding hydrogens is 388 g/mol. The Morgan fingerprint density at radius 2 is 1.69 bits per heavy atom. The van der Waals surface area contributed by atoms with E-state index in [0.29, 0.717) is 26.2 Å². The van der Waals surface area contributed by atoms with Crippen LogP contribution in [0.3, 0.4) is 0 Å². The van der Waals surface area contributed by atoms with E-state index < -0.39 is 10.0 Å². The van der Waals surface area contributed by atoms with Gasteiger partial charge in [-0.05, 0) is 52.2 Å². The molecule has 7 nitrogen and oxygen atoms in total. The third-order valence-electron chi connectivity index (χ3n) is 6.25. The number of rotatable bonds is 4. The molecule has 1 aromatic rings. The first-order chi connectivity index (χ1) is 13.8. The smallest absolute Gasteiger partial charge is 0.244 e. The molecule has 29 heavy (non-hydrogen) atoms. The predicted octanol–water partition coefficient (Wildman–Crippen LogP) is 2.04. The van der Waals surface area contributed by atoms with Crippen molar-refractivity contribution in [1.29, 1.82) is 5.26 Å². The van der Waals surface area contributed by atoms with Crippen molar-refractivity contribution in [3.8, 4) is 6.07 Å². The van der Waals surface area contributed by atoms with Crippen LogP contribution in [0.25, 0.3) is 0 Å². The lowest BCUT2D eigenvalue weighted by Crippen LogP contribution is -2.58. The Labute approximate surface area is 173 Å². The predicted molar refractivity (Wildman–Crippen MR) is 111 cm³/mol. The Balaban J connectivity index is 1.67. The number of nitrogens with zero attached hydrogens (tertiary/aromatic N) is 4. The van der Waals surface area contributed by atoms with Crippen LogP contribution in [0.2, 0.25) is 0 Å². The second-order valence-electron chi connectivity index (χ2n) is 8.10. The molecule has 1 amide bonds. The summed E-state index contributed by atoms with van der Waals surface area (Å²) in [5.74, 6) is 0.135. The number of hydrogen-bond donors (Lipinski definition) is 0. The van der Waals surface area contributed by atoms with Crippen LogP contribution >= 0.6 is 0 Å². The lowest BCUT2D eigenvalue weighted by Gasteiger charge is -2.43. The Morgan fingerprint density at radius 1 is 1.10 bits per heavy atom. The fraction of sp³-hybridized carbons (Fsp3) is 0.619. The first-order valence-electron chi connectivity index (χ1n) is 10.3. The lowest BCUT2D eigenvalue weighted by molar-refractivity contribution is -0.143. The van der Waals surface area contributed by atoms with E-state index in [0.717, 1.165) is 19.3 Å². The minimum absolute atomic E-state index is 0.0519. The van der Waals surface area contributed by atoms with E-state index in [1.54, 1.807) is 12.1 Å². The maximum atomic E-state index is 13.1. The summed E-state index contributed by atoms with van der Waals surface area (Å²) in [6.07, 6.45) is 3.22. The molecule has 0 unspecified atom stereocenters. The van der Waals surface area contributed by atoms with Crippen LogP contribution in [0.4, 0.5) is 0 Å². The maximum Gasteiger partial charge on any atom is 0.244 e. The molecule has 2 aliphatic rings. The summed E-state index contributed by atoms with van der Waals surface area (Å²) in [7, 11) is -3.72. The molecule has 2 saturated heterocycles. The van der Waals surface area contributed by atoms with E-state index in [9.17, 15) is 18.5 Å². The van der Waals surface area contributed by atoms with Crippen LogP contribution in [-0.2, 0) is 14.8 Å². The molecule has 0 N–H and O–H groups in total. The van der Waals surface area contributed by atoms with Gasteiger partial charge in [-0.3, -0.25) is 9.69 Å². The second kappa shape index (κ2) is 8.82. The first-order valence-corrected chi connectivity index (χ1v) is 11.8. The molecule has 3 rings (SSSR count). The number of hydrogen-bond acceptors (Lipinski definition) is 5. The summed E-state index contributed by atoms with van der Waals surface area (Å²) >= 11 is 0. The van der Waals surface area contributed by atoms with Crippen molar-refractivity contribution < 1.29 is 13.2 Å². The number of carbonyl (C=O) groups excluding carboxylic acids is 1. The minimum atomic E-state index is -3.72. The van der Waals surface area contributed by atoms with Crippen LogP contribution in [0.15, 0.2) is 29.2 Å². The average molecular weight is 419 g/mol. The van der Waals surface area contributed by atoms with Crippen molar-refractivity contribution in [1.82, 2.24) is 14.1 Å². The molecule has 1 aromatic carbocycles. The van der Waals surface area contributed by atoms with Crippen molar-refractivity contribution in [2.75, 3.05) is 26.2 Å². The van der Waals surface area contributed by atoms with Gasteiger partial charge in [-0.25, -0.2) is 8.42 Å². The van der Waals surface area contributed by atoms with E-state index in [-0.39, 0.29) is 34.5 Å². The van der Waals surface area contributed by atoms with Crippen LogP contribution in [0.1, 0.15) is 45.6 Å². The third-order valence-corrected chi connectivity index (χ3v) is 8.21. The van der Waals surface area contributed by atoms with Gasteiger partial charge in [0.05, 0.1) is 16.5 Å². The maximum absolute atomic E-state index is 13.1. The highest BCUT2D eigenvalue weighted by molar-refractivity contribution is 7.89.